The maximum absolute atomic E-state index is 15.5. The highest BCUT2D eigenvalue weighted by molar-refractivity contribution is 8.00. The number of carbonyl (C=O) groups excluding carboxylic acids is 6. The van der Waals surface area contributed by atoms with Gasteiger partial charge in [-0.2, -0.15) is 23.5 Å². The van der Waals surface area contributed by atoms with Crippen molar-refractivity contribution >= 4 is 86.2 Å². The minimum absolute atomic E-state index is 0.000561. The number of nitrogens with zero attached hydrogens (tertiary/aromatic N) is 5. The van der Waals surface area contributed by atoms with Gasteiger partial charge in [0.15, 0.2) is 0 Å². The van der Waals surface area contributed by atoms with Crippen molar-refractivity contribution in [2.24, 2.45) is 0 Å². The number of amides is 9. The van der Waals surface area contributed by atoms with Gasteiger partial charge in [0.05, 0.1) is 47.5 Å². The average Bonchev–Trinajstić information content (AvgIpc) is 1.70. The Hall–Kier alpha value is -7.69. The van der Waals surface area contributed by atoms with E-state index < -0.39 is 33.8 Å². The van der Waals surface area contributed by atoms with E-state index in [-0.39, 0.29) is 77.2 Å². The summed E-state index contributed by atoms with van der Waals surface area (Å²) in [5, 5.41) is 45.4. The molecule has 9 rings (SSSR count). The second-order valence-electron chi connectivity index (χ2n) is 23.3. The summed E-state index contributed by atoms with van der Waals surface area (Å²) in [6.07, 6.45) is 11.8. The maximum atomic E-state index is 15.5. The van der Waals surface area contributed by atoms with Gasteiger partial charge < -0.3 is 57.5 Å². The molecule has 4 fully saturated rings. The molecule has 0 radical (unpaired) electrons. The molecule has 24 nitrogen and oxygen atoms in total. The standard InChI is InChI=1S/C62H81FN14O10S3/c1-38-55(40-15-14-16-45(32-40)90(86,87)75(2)3)46-33-39(21-22-50(46)76(38)34-43(63)23-28-68-62(84)85)47-35-77(74-73-47)44-30-41(58(80)66-26-12-4-10-24-64-53(78)19-8-6-17-51-56-48(36-88-51)69-60(82)71-56)29-42(31-44)59(81)67-27-13-5-11-25-65-54(79)20-9-7-18-52-57-49(37-89-52)70-61(83)72-57/h14-16,21-23,29-33,35,48-49,51-52,56-57,68H,4-13,17-20,24-28,34,36-37H2,1-3H3,(H,64,78)(H,65,79)(H,66,80)(H,67,81)(H,84,85)(H2,69,71,82)(H2,70,72,83)/b43-23-/t48-,49-,51-,52-,56-,57-/m0/s1. The van der Waals surface area contributed by atoms with Crippen LogP contribution in [0, 0.1) is 6.92 Å². The summed E-state index contributed by atoms with van der Waals surface area (Å²) in [7, 11) is -0.956. The van der Waals surface area contributed by atoms with Gasteiger partial charge in [0, 0.05) is 121 Å². The minimum atomic E-state index is -3.84. The van der Waals surface area contributed by atoms with Gasteiger partial charge in [0.2, 0.25) is 21.8 Å². The Morgan fingerprint density at radius 1 is 0.700 bits per heavy atom. The van der Waals surface area contributed by atoms with Crippen LogP contribution in [0.4, 0.5) is 18.8 Å². The number of carboxylic acid groups (broad SMARTS) is 1. The zero-order chi connectivity index (χ0) is 63.9. The first-order chi connectivity index (χ1) is 43.3. The highest BCUT2D eigenvalue weighted by Gasteiger charge is 2.43. The van der Waals surface area contributed by atoms with Gasteiger partial charge in [0.25, 0.3) is 11.8 Å². The molecule has 6 heterocycles. The molecule has 484 valence electrons. The molecule has 28 heteroatoms. The zero-order valence-electron chi connectivity index (χ0n) is 50.9. The van der Waals surface area contributed by atoms with E-state index in [9.17, 15) is 42.0 Å². The van der Waals surface area contributed by atoms with Crippen molar-refractivity contribution in [1.82, 2.24) is 71.7 Å². The van der Waals surface area contributed by atoms with E-state index >= 15 is 4.39 Å². The number of aromatic nitrogens is 4. The van der Waals surface area contributed by atoms with Crippen LogP contribution in [0.25, 0.3) is 39.0 Å². The van der Waals surface area contributed by atoms with Gasteiger partial charge in [-0.3, -0.25) is 19.2 Å². The van der Waals surface area contributed by atoms with Crippen LogP contribution in [-0.2, 0) is 26.2 Å². The summed E-state index contributed by atoms with van der Waals surface area (Å²) in [6.45, 7) is 3.01. The minimum Gasteiger partial charge on any atom is -0.465 e. The fourth-order valence-corrected chi connectivity index (χ4v) is 15.9. The molecule has 3 aromatic carbocycles. The molecule has 0 aliphatic carbocycles. The molecule has 0 unspecified atom stereocenters. The number of urea groups is 2. The number of rotatable bonds is 33. The van der Waals surface area contributed by atoms with E-state index in [2.05, 4.69) is 58.2 Å². The van der Waals surface area contributed by atoms with E-state index in [1.165, 1.54) is 30.9 Å². The largest absolute Gasteiger partial charge is 0.465 e. The van der Waals surface area contributed by atoms with Crippen molar-refractivity contribution in [2.75, 3.05) is 58.3 Å². The third-order valence-electron chi connectivity index (χ3n) is 16.7. The fourth-order valence-electron chi connectivity index (χ4n) is 11.9. The predicted octanol–water partition coefficient (Wildman–Crippen LogP) is 6.72. The molecule has 0 bridgehead atoms. The number of thioether (sulfide) groups is 2. The van der Waals surface area contributed by atoms with Crippen LogP contribution >= 0.6 is 23.5 Å². The monoisotopic (exact) mass is 1300 g/mol. The fraction of sp³-hybridized carbons (Fsp3) is 0.500. The molecule has 4 aliphatic heterocycles. The quantitative estimate of drug-likeness (QED) is 0.0154. The molecule has 6 atom stereocenters. The third kappa shape index (κ3) is 17.4. The topological polar surface area (TPSA) is 321 Å². The van der Waals surface area contributed by atoms with E-state index in [0.717, 1.165) is 86.1 Å². The third-order valence-corrected chi connectivity index (χ3v) is 21.5. The number of fused-ring (bicyclic) bond motifs is 3. The van der Waals surface area contributed by atoms with E-state index in [1.807, 2.05) is 29.6 Å². The highest BCUT2D eigenvalue weighted by atomic mass is 32.2. The number of benzene rings is 3. The number of nitrogens with one attached hydrogen (secondary N) is 9. The summed E-state index contributed by atoms with van der Waals surface area (Å²) < 4.78 is 46.5. The summed E-state index contributed by atoms with van der Waals surface area (Å²) in [6, 6.07) is 17.1. The van der Waals surface area contributed by atoms with Crippen molar-refractivity contribution in [3.05, 3.63) is 95.6 Å². The number of hydrogen-bond donors (Lipinski definition) is 10. The Kier molecular flexibility index (Phi) is 23.3. The van der Waals surface area contributed by atoms with Crippen molar-refractivity contribution in [2.45, 2.75) is 143 Å². The zero-order valence-corrected chi connectivity index (χ0v) is 53.4. The van der Waals surface area contributed by atoms with E-state index in [1.54, 1.807) is 60.2 Å². The van der Waals surface area contributed by atoms with Crippen LogP contribution in [0.2, 0.25) is 0 Å². The molecule has 4 saturated heterocycles. The number of carbonyl (C=O) groups is 7. The van der Waals surface area contributed by atoms with Crippen molar-refractivity contribution < 1.29 is 51.5 Å². The SMILES string of the molecule is Cc1c(-c2cccc(S(=O)(=O)N(C)C)c2)c2cc(-c3cn(-c4cc(C(=O)NCCCCCNC(=O)CCCC[C@@H]5SC[C@@H]6NC(=O)N[C@@H]65)cc(C(=O)NCCCCCNC(=O)CCCC[C@@H]5SC[C@@H]6NC(=O)N[C@@H]65)c4)nn3)ccc2n1C/C(F)=C/CNC(=O)O. The normalized spacial score (nSPS) is 19.4. The number of halogens is 1. The second kappa shape index (κ2) is 31.4. The Morgan fingerprint density at radius 3 is 1.82 bits per heavy atom. The first-order valence-corrected chi connectivity index (χ1v) is 34.4. The van der Waals surface area contributed by atoms with Crippen molar-refractivity contribution in [3.8, 4) is 28.1 Å². The lowest BCUT2D eigenvalue weighted by Crippen LogP contribution is -2.36. The number of unbranched alkanes of at least 4 members (excludes halogenated alkanes) is 6. The van der Waals surface area contributed by atoms with Gasteiger partial charge >= 0.3 is 18.2 Å². The van der Waals surface area contributed by atoms with Crippen LogP contribution in [0.1, 0.15) is 116 Å². The molecule has 10 N–H and O–H groups in total. The molecular formula is C62H81FN14O10S3. The van der Waals surface area contributed by atoms with E-state index in [4.69, 9.17) is 5.11 Å². The number of sulfonamides is 1. The lowest BCUT2D eigenvalue weighted by atomic mass is 10.0. The molecule has 90 heavy (non-hydrogen) atoms. The maximum Gasteiger partial charge on any atom is 0.404 e. The van der Waals surface area contributed by atoms with Crippen LogP contribution in [0.5, 0.6) is 0 Å². The lowest BCUT2D eigenvalue weighted by molar-refractivity contribution is -0.122. The smallest absolute Gasteiger partial charge is 0.404 e. The van der Waals surface area contributed by atoms with Crippen molar-refractivity contribution in [3.63, 3.8) is 0 Å². The lowest BCUT2D eigenvalue weighted by Gasteiger charge is -2.16. The molecule has 0 spiro atoms. The van der Waals surface area contributed by atoms with Gasteiger partial charge in [-0.05, 0) is 125 Å². The van der Waals surface area contributed by atoms with Crippen LogP contribution in [0.3, 0.4) is 0 Å². The summed E-state index contributed by atoms with van der Waals surface area (Å²) >= 11 is 3.73. The molecule has 4 aliphatic rings. The van der Waals surface area contributed by atoms with Crippen LogP contribution in [0.15, 0.2) is 83.7 Å². The molecule has 0 saturated carbocycles. The number of hydrogen-bond acceptors (Lipinski definition) is 13. The Bertz CT molecular complexity index is 3480. The van der Waals surface area contributed by atoms with Gasteiger partial charge in [-0.15, -0.1) is 5.10 Å². The predicted molar refractivity (Wildman–Crippen MR) is 345 cm³/mol. The van der Waals surface area contributed by atoms with Crippen LogP contribution < -0.4 is 47.9 Å². The summed E-state index contributed by atoms with van der Waals surface area (Å²) in [4.78, 5) is 87.6. The molecule has 9 amide bonds. The number of allylic oxidation sites excluding steroid dienone is 1. The molecule has 5 aromatic rings. The molecular weight excluding hydrogens is 1220 g/mol. The van der Waals surface area contributed by atoms with E-state index in [0.29, 0.717) is 107 Å². The van der Waals surface area contributed by atoms with Gasteiger partial charge in [0.1, 0.15) is 11.5 Å². The first-order valence-electron chi connectivity index (χ1n) is 30.9. The van der Waals surface area contributed by atoms with Gasteiger partial charge in [-0.1, -0.05) is 36.3 Å². The summed E-state index contributed by atoms with van der Waals surface area (Å²) in [5.74, 6) is 0.384. The van der Waals surface area contributed by atoms with Crippen molar-refractivity contribution in [1.29, 1.82) is 0 Å². The Balaban J connectivity index is 0.830. The van der Waals surface area contributed by atoms with Crippen LogP contribution in [-0.4, -0.2) is 172 Å². The highest BCUT2D eigenvalue weighted by Crippen LogP contribution is 2.39. The van der Waals surface area contributed by atoms with Gasteiger partial charge in [-0.25, -0.2) is 36.2 Å². The molecule has 2 aromatic heterocycles. The summed E-state index contributed by atoms with van der Waals surface area (Å²) in [5.41, 5.74) is 4.19. The Morgan fingerprint density at radius 2 is 1.27 bits per heavy atom. The first kappa shape index (κ1) is 66.7. The second-order valence-corrected chi connectivity index (χ2v) is 28.0. The Labute approximate surface area is 531 Å². The average molecular weight is 1300 g/mol.